The zero-order chi connectivity index (χ0) is 13.5. The van der Waals surface area contributed by atoms with Crippen LogP contribution in [-0.2, 0) is 5.41 Å². The number of carbonyl (C=O) groups is 1. The zero-order valence-corrected chi connectivity index (χ0v) is 10.3. The third-order valence-corrected chi connectivity index (χ3v) is 2.58. The maximum Gasteiger partial charge on any atom is 0.354 e. The van der Waals surface area contributed by atoms with Gasteiger partial charge in [-0.1, -0.05) is 20.8 Å². The van der Waals surface area contributed by atoms with E-state index in [9.17, 15) is 9.90 Å². The van der Waals surface area contributed by atoms with Gasteiger partial charge in [0.25, 0.3) is 0 Å². The molecule has 2 aromatic rings. The number of aromatic nitrogens is 3. The summed E-state index contributed by atoms with van der Waals surface area (Å²) in [6, 6.07) is 3.45. The predicted molar refractivity (Wildman–Crippen MR) is 63.4 cm³/mol. The fourth-order valence-corrected chi connectivity index (χ4v) is 1.58. The fraction of sp³-hybridized carbons (Fsp3) is 0.333. The summed E-state index contributed by atoms with van der Waals surface area (Å²) < 4.78 is 1.18. The summed E-state index contributed by atoms with van der Waals surface area (Å²) in [6.45, 7) is 5.79. The molecule has 2 aromatic heterocycles. The van der Waals surface area contributed by atoms with Crippen molar-refractivity contribution >= 4 is 11.6 Å². The van der Waals surface area contributed by atoms with Gasteiger partial charge in [0, 0.05) is 5.41 Å². The summed E-state index contributed by atoms with van der Waals surface area (Å²) in [5.74, 6) is -1.10. The summed E-state index contributed by atoms with van der Waals surface area (Å²) in [7, 11) is 0. The van der Waals surface area contributed by atoms with Gasteiger partial charge in [-0.3, -0.25) is 0 Å². The van der Waals surface area contributed by atoms with Crippen molar-refractivity contribution in [2.45, 2.75) is 26.2 Å². The minimum absolute atomic E-state index is 0.00595. The molecule has 92 valence electrons. The van der Waals surface area contributed by atoms with E-state index in [4.69, 9.17) is 5.26 Å². The first kappa shape index (κ1) is 12.0. The molecule has 0 spiro atoms. The summed E-state index contributed by atoms with van der Waals surface area (Å²) in [6.07, 6.45) is 1.32. The normalized spacial score (nSPS) is 11.4. The Labute approximate surface area is 103 Å². The van der Waals surface area contributed by atoms with Crippen LogP contribution < -0.4 is 0 Å². The summed E-state index contributed by atoms with van der Waals surface area (Å²) in [4.78, 5) is 15.6. The van der Waals surface area contributed by atoms with Gasteiger partial charge in [0.05, 0.1) is 11.9 Å². The molecule has 0 atom stereocenters. The van der Waals surface area contributed by atoms with Crippen LogP contribution in [-0.4, -0.2) is 25.7 Å². The number of carboxylic acids is 1. The Hall–Kier alpha value is -2.42. The molecule has 18 heavy (non-hydrogen) atoms. The molecule has 0 aromatic carbocycles. The Bertz CT molecular complexity index is 674. The monoisotopic (exact) mass is 244 g/mol. The predicted octanol–water partition coefficient (Wildman–Crippen LogP) is 1.60. The van der Waals surface area contributed by atoms with E-state index >= 15 is 0 Å². The zero-order valence-electron chi connectivity index (χ0n) is 10.3. The van der Waals surface area contributed by atoms with E-state index in [1.165, 1.54) is 16.8 Å². The largest absolute Gasteiger partial charge is 0.477 e. The average Bonchev–Trinajstić information content (AvgIpc) is 2.68. The molecule has 0 aliphatic heterocycles. The minimum atomic E-state index is -1.10. The molecule has 0 aliphatic carbocycles. The Morgan fingerprint density at radius 2 is 2.17 bits per heavy atom. The van der Waals surface area contributed by atoms with Gasteiger partial charge in [-0.2, -0.15) is 10.4 Å². The van der Waals surface area contributed by atoms with Crippen LogP contribution in [0.3, 0.4) is 0 Å². The number of hydrogen-bond acceptors (Lipinski definition) is 4. The van der Waals surface area contributed by atoms with E-state index in [2.05, 4.69) is 10.1 Å². The lowest BCUT2D eigenvalue weighted by atomic mass is 9.91. The second-order valence-electron chi connectivity index (χ2n) is 4.99. The fourth-order valence-electron chi connectivity index (χ4n) is 1.58. The van der Waals surface area contributed by atoms with E-state index in [0.717, 1.165) is 0 Å². The number of aromatic carboxylic acids is 1. The summed E-state index contributed by atoms with van der Waals surface area (Å²) in [5.41, 5.74) is 0.866. The SMILES string of the molecule is CC(C)(C)c1cc(C(=O)O)n2ncc(C#N)c2n1. The van der Waals surface area contributed by atoms with Crippen LogP contribution >= 0.6 is 0 Å². The number of rotatable bonds is 1. The first-order chi connectivity index (χ1) is 8.34. The van der Waals surface area contributed by atoms with E-state index in [1.54, 1.807) is 0 Å². The number of nitrogens with zero attached hydrogens (tertiary/aromatic N) is 4. The lowest BCUT2D eigenvalue weighted by Gasteiger charge is -2.18. The smallest absolute Gasteiger partial charge is 0.354 e. The third kappa shape index (κ3) is 1.80. The number of hydrogen-bond donors (Lipinski definition) is 1. The molecule has 0 aliphatic rings. The van der Waals surface area contributed by atoms with Gasteiger partial charge in [0.15, 0.2) is 11.3 Å². The Kier molecular flexibility index (Phi) is 2.55. The molecule has 0 saturated heterocycles. The van der Waals surface area contributed by atoms with Crippen LogP contribution in [0.4, 0.5) is 0 Å². The van der Waals surface area contributed by atoms with Gasteiger partial charge in [-0.05, 0) is 6.07 Å². The third-order valence-electron chi connectivity index (χ3n) is 2.58. The van der Waals surface area contributed by atoms with Crippen LogP contribution in [0.2, 0.25) is 0 Å². The Balaban J connectivity index is 2.87. The van der Waals surface area contributed by atoms with Crippen LogP contribution in [0.5, 0.6) is 0 Å². The number of nitriles is 1. The van der Waals surface area contributed by atoms with Crippen molar-refractivity contribution in [2.24, 2.45) is 0 Å². The molecular formula is C12H12N4O2. The van der Waals surface area contributed by atoms with Gasteiger partial charge in [-0.15, -0.1) is 0 Å². The molecule has 0 radical (unpaired) electrons. The van der Waals surface area contributed by atoms with Gasteiger partial charge in [0.2, 0.25) is 0 Å². The topological polar surface area (TPSA) is 91.3 Å². The summed E-state index contributed by atoms with van der Waals surface area (Å²) >= 11 is 0. The van der Waals surface area contributed by atoms with Crippen molar-refractivity contribution in [3.63, 3.8) is 0 Å². The van der Waals surface area contributed by atoms with E-state index in [1.807, 2.05) is 26.8 Å². The van der Waals surface area contributed by atoms with Gasteiger partial charge in [-0.25, -0.2) is 14.3 Å². The van der Waals surface area contributed by atoms with E-state index in [0.29, 0.717) is 5.69 Å². The molecule has 0 amide bonds. The molecule has 0 unspecified atom stereocenters. The maximum absolute atomic E-state index is 11.2. The van der Waals surface area contributed by atoms with Crippen LogP contribution in [0.1, 0.15) is 42.5 Å². The molecule has 0 fully saturated rings. The highest BCUT2D eigenvalue weighted by Crippen LogP contribution is 2.23. The molecular weight excluding hydrogens is 232 g/mol. The first-order valence-corrected chi connectivity index (χ1v) is 5.37. The van der Waals surface area contributed by atoms with Gasteiger partial charge >= 0.3 is 5.97 Å². The average molecular weight is 244 g/mol. The van der Waals surface area contributed by atoms with Gasteiger partial charge < -0.3 is 5.11 Å². The molecule has 6 nitrogen and oxygen atoms in total. The van der Waals surface area contributed by atoms with E-state index in [-0.39, 0.29) is 22.3 Å². The van der Waals surface area contributed by atoms with Crippen LogP contribution in [0, 0.1) is 11.3 Å². The molecule has 0 bridgehead atoms. The van der Waals surface area contributed by atoms with Crippen molar-refractivity contribution in [3.8, 4) is 6.07 Å². The second-order valence-corrected chi connectivity index (χ2v) is 4.99. The van der Waals surface area contributed by atoms with E-state index < -0.39 is 5.97 Å². The lowest BCUT2D eigenvalue weighted by Crippen LogP contribution is -2.18. The van der Waals surface area contributed by atoms with Crippen molar-refractivity contribution in [1.82, 2.24) is 14.6 Å². The summed E-state index contributed by atoms with van der Waals surface area (Å²) in [5, 5.41) is 22.0. The highest BCUT2D eigenvalue weighted by molar-refractivity contribution is 5.86. The number of carboxylic acid groups (broad SMARTS) is 1. The quantitative estimate of drug-likeness (QED) is 0.822. The lowest BCUT2D eigenvalue weighted by molar-refractivity contribution is 0.0687. The Morgan fingerprint density at radius 1 is 1.50 bits per heavy atom. The highest BCUT2D eigenvalue weighted by Gasteiger charge is 2.22. The van der Waals surface area contributed by atoms with Crippen molar-refractivity contribution < 1.29 is 9.90 Å². The van der Waals surface area contributed by atoms with Crippen LogP contribution in [0.15, 0.2) is 12.3 Å². The standard InChI is InChI=1S/C12H12N4O2/c1-12(2,3)9-4-8(11(17)18)16-10(15-9)7(5-13)6-14-16/h4,6H,1-3H3,(H,17,18). The molecule has 2 heterocycles. The highest BCUT2D eigenvalue weighted by atomic mass is 16.4. The van der Waals surface area contributed by atoms with Gasteiger partial charge in [0.1, 0.15) is 11.6 Å². The first-order valence-electron chi connectivity index (χ1n) is 5.37. The molecule has 6 heteroatoms. The Morgan fingerprint density at radius 3 is 2.67 bits per heavy atom. The molecule has 1 N–H and O–H groups in total. The van der Waals surface area contributed by atoms with Crippen molar-refractivity contribution in [3.05, 3.63) is 29.2 Å². The second kappa shape index (κ2) is 3.81. The number of fused-ring (bicyclic) bond motifs is 1. The molecule has 0 saturated carbocycles. The minimum Gasteiger partial charge on any atom is -0.477 e. The van der Waals surface area contributed by atoms with Crippen molar-refractivity contribution in [1.29, 1.82) is 5.26 Å². The maximum atomic E-state index is 11.2. The molecule has 2 rings (SSSR count). The van der Waals surface area contributed by atoms with Crippen LogP contribution in [0.25, 0.3) is 5.65 Å². The van der Waals surface area contributed by atoms with Crippen molar-refractivity contribution in [2.75, 3.05) is 0 Å².